The Hall–Kier alpha value is -3.08. The molecule has 5 heteroatoms. The first kappa shape index (κ1) is 16.4. The van der Waals surface area contributed by atoms with Crippen LogP contribution in [-0.4, -0.2) is 23.4 Å². The molecule has 0 spiro atoms. The van der Waals surface area contributed by atoms with E-state index in [1.807, 2.05) is 19.9 Å². The minimum atomic E-state index is 0.607. The second kappa shape index (κ2) is 7.04. The number of nitrogens with one attached hydrogen (secondary N) is 3. The summed E-state index contributed by atoms with van der Waals surface area (Å²) < 4.78 is 11.5. The zero-order valence-corrected chi connectivity index (χ0v) is 15.1. The predicted octanol–water partition coefficient (Wildman–Crippen LogP) is 5.01. The lowest BCUT2D eigenvalue weighted by Gasteiger charge is -2.11. The fraction of sp³-hybridized carbons (Fsp3) is 0.238. The SMILES string of the molecule is CCOc1cc2cc3c(NCc4ccccc4)[nH][nH]c-3c2cc1OCC. The molecule has 2 aromatic rings. The van der Waals surface area contributed by atoms with E-state index in [0.717, 1.165) is 45.9 Å². The summed E-state index contributed by atoms with van der Waals surface area (Å²) in [7, 11) is 0. The van der Waals surface area contributed by atoms with E-state index in [9.17, 15) is 0 Å². The van der Waals surface area contributed by atoms with Crippen LogP contribution in [0.3, 0.4) is 0 Å². The van der Waals surface area contributed by atoms with E-state index in [1.165, 1.54) is 5.56 Å². The fourth-order valence-corrected chi connectivity index (χ4v) is 3.27. The molecule has 1 aliphatic carbocycles. The maximum Gasteiger partial charge on any atom is 0.161 e. The zero-order valence-electron chi connectivity index (χ0n) is 15.1. The van der Waals surface area contributed by atoms with Crippen LogP contribution in [0.1, 0.15) is 19.4 Å². The van der Waals surface area contributed by atoms with Crippen molar-refractivity contribution in [3.8, 4) is 22.8 Å². The largest absolute Gasteiger partial charge is 0.490 e. The molecule has 0 atom stereocenters. The quantitative estimate of drug-likeness (QED) is 0.439. The van der Waals surface area contributed by atoms with Crippen LogP contribution in [0.2, 0.25) is 0 Å². The zero-order chi connectivity index (χ0) is 17.9. The van der Waals surface area contributed by atoms with Crippen molar-refractivity contribution in [3.63, 3.8) is 0 Å². The minimum Gasteiger partial charge on any atom is -0.490 e. The van der Waals surface area contributed by atoms with Crippen LogP contribution in [-0.2, 0) is 6.54 Å². The summed E-state index contributed by atoms with van der Waals surface area (Å²) >= 11 is 0. The van der Waals surface area contributed by atoms with Gasteiger partial charge in [0.1, 0.15) is 5.82 Å². The summed E-state index contributed by atoms with van der Waals surface area (Å²) in [6.45, 7) is 5.95. The molecule has 0 saturated heterocycles. The number of rotatable bonds is 7. The maximum atomic E-state index is 5.76. The number of anilines is 1. The third-order valence-electron chi connectivity index (χ3n) is 4.45. The van der Waals surface area contributed by atoms with Gasteiger partial charge >= 0.3 is 0 Å². The highest BCUT2D eigenvalue weighted by molar-refractivity contribution is 6.05. The van der Waals surface area contributed by atoms with E-state index in [4.69, 9.17) is 9.47 Å². The Bertz CT molecular complexity index is 972. The highest BCUT2D eigenvalue weighted by Gasteiger charge is 2.19. The first-order chi connectivity index (χ1) is 12.8. The summed E-state index contributed by atoms with van der Waals surface area (Å²) in [6, 6.07) is 16.6. The number of aromatic nitrogens is 2. The third-order valence-corrected chi connectivity index (χ3v) is 4.45. The van der Waals surface area contributed by atoms with Gasteiger partial charge in [-0.3, -0.25) is 10.2 Å². The third kappa shape index (κ3) is 2.96. The van der Waals surface area contributed by atoms with Gasteiger partial charge in [0.15, 0.2) is 11.5 Å². The lowest BCUT2D eigenvalue weighted by atomic mass is 10.2. The van der Waals surface area contributed by atoms with Gasteiger partial charge in [-0.1, -0.05) is 30.3 Å². The average Bonchev–Trinajstić information content (AvgIpc) is 3.21. The van der Waals surface area contributed by atoms with Gasteiger partial charge in [0, 0.05) is 17.5 Å². The average molecular weight is 349 g/mol. The lowest BCUT2D eigenvalue weighted by molar-refractivity contribution is 0.288. The van der Waals surface area contributed by atoms with Crippen molar-refractivity contribution in [3.05, 3.63) is 54.1 Å². The van der Waals surface area contributed by atoms with E-state index in [1.54, 1.807) is 0 Å². The Labute approximate surface area is 152 Å². The fourth-order valence-electron chi connectivity index (χ4n) is 3.27. The van der Waals surface area contributed by atoms with Gasteiger partial charge in [0.2, 0.25) is 0 Å². The van der Waals surface area contributed by atoms with E-state index < -0.39 is 0 Å². The highest BCUT2D eigenvalue weighted by atomic mass is 16.5. The van der Waals surface area contributed by atoms with Crippen molar-refractivity contribution < 1.29 is 9.47 Å². The molecule has 134 valence electrons. The molecule has 1 heterocycles. The molecule has 3 N–H and O–H groups in total. The first-order valence-corrected chi connectivity index (χ1v) is 9.00. The molecule has 0 aromatic heterocycles. The minimum absolute atomic E-state index is 0.607. The number of hydrogen-bond acceptors (Lipinski definition) is 3. The summed E-state index contributed by atoms with van der Waals surface area (Å²) in [5, 5.41) is 12.3. The van der Waals surface area contributed by atoms with Crippen molar-refractivity contribution in [1.29, 1.82) is 0 Å². The number of benzene rings is 2. The molecule has 0 amide bonds. The van der Waals surface area contributed by atoms with E-state index in [2.05, 4.69) is 58.0 Å². The van der Waals surface area contributed by atoms with Gasteiger partial charge in [0.05, 0.1) is 18.9 Å². The van der Waals surface area contributed by atoms with E-state index in [-0.39, 0.29) is 0 Å². The van der Waals surface area contributed by atoms with Crippen LogP contribution < -0.4 is 14.8 Å². The molecule has 4 rings (SSSR count). The van der Waals surface area contributed by atoms with E-state index in [0.29, 0.717) is 13.2 Å². The molecule has 0 bridgehead atoms. The number of hydrogen-bond donors (Lipinski definition) is 3. The Morgan fingerprint density at radius 2 is 1.62 bits per heavy atom. The number of ether oxygens (including phenoxy) is 2. The molecule has 0 unspecified atom stereocenters. The van der Waals surface area contributed by atoms with Crippen LogP contribution >= 0.6 is 0 Å². The number of H-pyrrole nitrogens is 2. The summed E-state index contributed by atoms with van der Waals surface area (Å²) in [5.41, 5.74) is 3.44. The Balaban J connectivity index is 1.67. The van der Waals surface area contributed by atoms with Gasteiger partial charge in [-0.15, -0.1) is 0 Å². The van der Waals surface area contributed by atoms with Crippen molar-refractivity contribution in [2.24, 2.45) is 0 Å². The monoisotopic (exact) mass is 349 g/mol. The van der Waals surface area contributed by atoms with Crippen molar-refractivity contribution in [2.75, 3.05) is 18.5 Å². The van der Waals surface area contributed by atoms with Gasteiger partial charge < -0.3 is 14.8 Å². The number of fused-ring (bicyclic) bond motifs is 3. The van der Waals surface area contributed by atoms with Crippen LogP contribution in [0.25, 0.3) is 22.0 Å². The summed E-state index contributed by atoms with van der Waals surface area (Å²) in [5.74, 6) is 2.55. The van der Waals surface area contributed by atoms with Crippen LogP contribution in [0, 0.1) is 0 Å². The van der Waals surface area contributed by atoms with Crippen LogP contribution in [0.5, 0.6) is 11.5 Å². The lowest BCUT2D eigenvalue weighted by Crippen LogP contribution is -1.99. The Morgan fingerprint density at radius 1 is 0.885 bits per heavy atom. The second-order valence-corrected chi connectivity index (χ2v) is 6.15. The maximum absolute atomic E-state index is 5.76. The molecule has 0 fully saturated rings. The van der Waals surface area contributed by atoms with Gasteiger partial charge in [-0.2, -0.15) is 0 Å². The first-order valence-electron chi connectivity index (χ1n) is 9.00. The molecule has 0 saturated carbocycles. The predicted molar refractivity (Wildman–Crippen MR) is 105 cm³/mol. The smallest absolute Gasteiger partial charge is 0.161 e. The van der Waals surface area contributed by atoms with Crippen molar-refractivity contribution in [1.82, 2.24) is 10.2 Å². The topological polar surface area (TPSA) is 62.1 Å². The van der Waals surface area contributed by atoms with Gasteiger partial charge in [-0.05, 0) is 43.0 Å². The molecule has 2 aromatic carbocycles. The van der Waals surface area contributed by atoms with E-state index >= 15 is 0 Å². The molecular weight excluding hydrogens is 326 g/mol. The Kier molecular flexibility index (Phi) is 4.44. The molecule has 26 heavy (non-hydrogen) atoms. The number of aromatic amines is 2. The molecule has 1 aliphatic heterocycles. The Morgan fingerprint density at radius 3 is 2.35 bits per heavy atom. The molecular formula is C21H23N3O2. The summed E-state index contributed by atoms with van der Waals surface area (Å²) in [6.07, 6.45) is 0. The normalized spacial score (nSPS) is 11.2. The van der Waals surface area contributed by atoms with Crippen molar-refractivity contribution in [2.45, 2.75) is 20.4 Å². The van der Waals surface area contributed by atoms with Gasteiger partial charge in [0.25, 0.3) is 0 Å². The van der Waals surface area contributed by atoms with Crippen molar-refractivity contribution >= 4 is 16.6 Å². The second-order valence-electron chi connectivity index (χ2n) is 6.15. The summed E-state index contributed by atoms with van der Waals surface area (Å²) in [4.78, 5) is 0. The molecule has 5 nitrogen and oxygen atoms in total. The van der Waals surface area contributed by atoms with Gasteiger partial charge in [-0.25, -0.2) is 0 Å². The highest BCUT2D eigenvalue weighted by Crippen LogP contribution is 2.42. The standard InChI is InChI=1S/C21H23N3O2/c1-3-25-18-11-15-10-17-20(16(15)12-19(18)26-4-2)23-24-21(17)22-13-14-8-6-5-7-9-14/h5-12,22-24H,3-4,13H2,1-2H3. The van der Waals surface area contributed by atoms with Crippen LogP contribution in [0.4, 0.5) is 5.82 Å². The molecule has 2 aliphatic rings. The molecule has 0 radical (unpaired) electrons. The van der Waals surface area contributed by atoms with Crippen LogP contribution in [0.15, 0.2) is 48.5 Å².